The van der Waals surface area contributed by atoms with Gasteiger partial charge in [0.15, 0.2) is 5.13 Å². The fourth-order valence-electron chi connectivity index (χ4n) is 3.83. The Morgan fingerprint density at radius 2 is 1.80 bits per heavy atom. The van der Waals surface area contributed by atoms with Crippen molar-refractivity contribution < 1.29 is 9.47 Å². The molecule has 8 heteroatoms. The second-order valence-corrected chi connectivity index (χ2v) is 8.44. The first-order valence-corrected chi connectivity index (χ1v) is 11.2. The molecule has 0 spiro atoms. The van der Waals surface area contributed by atoms with Crippen molar-refractivity contribution in [3.8, 4) is 22.1 Å². The molecule has 2 aromatic heterocycles. The third kappa shape index (κ3) is 4.60. The first-order chi connectivity index (χ1) is 14.7. The Morgan fingerprint density at radius 3 is 2.50 bits per heavy atom. The minimum atomic E-state index is 0.573. The molecule has 0 radical (unpaired) electrons. The van der Waals surface area contributed by atoms with Crippen LogP contribution in [0.15, 0.2) is 30.5 Å². The molecule has 0 amide bonds. The van der Waals surface area contributed by atoms with E-state index in [0.29, 0.717) is 6.54 Å². The van der Waals surface area contributed by atoms with Crippen LogP contribution in [0.3, 0.4) is 0 Å². The zero-order valence-corrected chi connectivity index (χ0v) is 18.7. The molecule has 0 bridgehead atoms. The largest absolute Gasteiger partial charge is 0.496 e. The zero-order valence-electron chi connectivity index (χ0n) is 17.9. The highest BCUT2D eigenvalue weighted by atomic mass is 32.1. The van der Waals surface area contributed by atoms with Gasteiger partial charge in [-0.2, -0.15) is 5.10 Å². The molecule has 160 valence electrons. The van der Waals surface area contributed by atoms with Gasteiger partial charge in [-0.3, -0.25) is 4.68 Å². The smallest absolute Gasteiger partial charge is 0.183 e. The SMILES string of the molecule is COc1cccc(OC)c1CNc1nc(C)c(-c2ccn(CCN3CCCC3)n2)s1. The van der Waals surface area contributed by atoms with Crippen LogP contribution in [0.4, 0.5) is 5.13 Å². The average Bonchev–Trinajstić information content (AvgIpc) is 3.51. The summed E-state index contributed by atoms with van der Waals surface area (Å²) in [5, 5.41) is 9.06. The summed E-state index contributed by atoms with van der Waals surface area (Å²) in [5.74, 6) is 1.60. The third-order valence-corrected chi connectivity index (χ3v) is 6.60. The molecule has 0 saturated carbocycles. The van der Waals surface area contributed by atoms with Gasteiger partial charge in [-0.1, -0.05) is 17.4 Å². The van der Waals surface area contributed by atoms with Gasteiger partial charge in [0.2, 0.25) is 0 Å². The van der Waals surface area contributed by atoms with Gasteiger partial charge in [0.05, 0.1) is 36.9 Å². The predicted molar refractivity (Wildman–Crippen MR) is 121 cm³/mol. The van der Waals surface area contributed by atoms with Gasteiger partial charge in [0.1, 0.15) is 17.2 Å². The Morgan fingerprint density at radius 1 is 1.07 bits per heavy atom. The van der Waals surface area contributed by atoms with Gasteiger partial charge < -0.3 is 19.7 Å². The Balaban J connectivity index is 1.43. The normalized spacial score (nSPS) is 14.2. The van der Waals surface area contributed by atoms with Crippen LogP contribution in [0.2, 0.25) is 0 Å². The summed E-state index contributed by atoms with van der Waals surface area (Å²) < 4.78 is 13.0. The summed E-state index contributed by atoms with van der Waals surface area (Å²) in [6, 6.07) is 7.88. The van der Waals surface area contributed by atoms with Crippen LogP contribution in [0.25, 0.3) is 10.6 Å². The number of benzene rings is 1. The van der Waals surface area contributed by atoms with E-state index in [4.69, 9.17) is 19.6 Å². The van der Waals surface area contributed by atoms with Crippen molar-refractivity contribution in [2.75, 3.05) is 39.2 Å². The number of anilines is 1. The maximum atomic E-state index is 5.48. The molecule has 3 aromatic rings. The van der Waals surface area contributed by atoms with E-state index in [9.17, 15) is 0 Å². The molecule has 7 nitrogen and oxygen atoms in total. The van der Waals surface area contributed by atoms with Gasteiger partial charge in [0, 0.05) is 19.3 Å². The highest BCUT2D eigenvalue weighted by Gasteiger charge is 2.15. The third-order valence-electron chi connectivity index (χ3n) is 5.46. The molecular formula is C22H29N5O2S. The lowest BCUT2D eigenvalue weighted by Gasteiger charge is -2.13. The van der Waals surface area contributed by atoms with Crippen molar-refractivity contribution in [2.45, 2.75) is 32.9 Å². The first-order valence-electron chi connectivity index (χ1n) is 10.4. The van der Waals surface area contributed by atoms with Crippen molar-refractivity contribution in [1.82, 2.24) is 19.7 Å². The van der Waals surface area contributed by atoms with E-state index in [1.54, 1.807) is 25.6 Å². The molecule has 30 heavy (non-hydrogen) atoms. The number of hydrogen-bond acceptors (Lipinski definition) is 7. The van der Waals surface area contributed by atoms with Crippen LogP contribution >= 0.6 is 11.3 Å². The Bertz CT molecular complexity index is 956. The van der Waals surface area contributed by atoms with Gasteiger partial charge in [-0.25, -0.2) is 4.98 Å². The Hall–Kier alpha value is -2.58. The number of aromatic nitrogens is 3. The number of methoxy groups -OCH3 is 2. The molecule has 1 aliphatic rings. The van der Waals surface area contributed by atoms with Gasteiger partial charge in [-0.15, -0.1) is 0 Å². The van der Waals surface area contributed by atoms with Gasteiger partial charge in [-0.05, 0) is 51.1 Å². The van der Waals surface area contributed by atoms with Crippen LogP contribution in [0.1, 0.15) is 24.1 Å². The number of ether oxygens (including phenoxy) is 2. The number of nitrogens with zero attached hydrogens (tertiary/aromatic N) is 4. The van der Waals surface area contributed by atoms with Crippen LogP contribution in [0.5, 0.6) is 11.5 Å². The van der Waals surface area contributed by atoms with Crippen LogP contribution in [-0.4, -0.2) is 53.5 Å². The molecule has 1 N–H and O–H groups in total. The number of likely N-dealkylation sites (tertiary alicyclic amines) is 1. The maximum absolute atomic E-state index is 5.48. The summed E-state index contributed by atoms with van der Waals surface area (Å²) in [4.78, 5) is 8.31. The molecular weight excluding hydrogens is 398 g/mol. The van der Waals surface area contributed by atoms with E-state index >= 15 is 0 Å². The van der Waals surface area contributed by atoms with Crippen LogP contribution < -0.4 is 14.8 Å². The van der Waals surface area contributed by atoms with E-state index in [1.807, 2.05) is 29.8 Å². The van der Waals surface area contributed by atoms with Crippen LogP contribution in [0, 0.1) is 6.92 Å². The minimum Gasteiger partial charge on any atom is -0.496 e. The molecule has 1 fully saturated rings. The van der Waals surface area contributed by atoms with Crippen molar-refractivity contribution in [3.05, 3.63) is 41.7 Å². The number of aryl methyl sites for hydroxylation is 1. The molecule has 1 aliphatic heterocycles. The average molecular weight is 428 g/mol. The molecule has 1 saturated heterocycles. The highest BCUT2D eigenvalue weighted by molar-refractivity contribution is 7.19. The number of hydrogen-bond donors (Lipinski definition) is 1. The number of nitrogens with one attached hydrogen (secondary N) is 1. The zero-order chi connectivity index (χ0) is 20.9. The quantitative estimate of drug-likeness (QED) is 0.556. The second-order valence-electron chi connectivity index (χ2n) is 7.44. The second kappa shape index (κ2) is 9.49. The lowest BCUT2D eigenvalue weighted by atomic mass is 10.1. The van der Waals surface area contributed by atoms with E-state index < -0.39 is 0 Å². The van der Waals surface area contributed by atoms with Crippen molar-refractivity contribution in [3.63, 3.8) is 0 Å². The van der Waals surface area contributed by atoms with E-state index in [1.165, 1.54) is 25.9 Å². The first kappa shape index (κ1) is 20.7. The van der Waals surface area contributed by atoms with E-state index in [0.717, 1.165) is 51.5 Å². The van der Waals surface area contributed by atoms with E-state index in [-0.39, 0.29) is 0 Å². The maximum Gasteiger partial charge on any atom is 0.183 e. The van der Waals surface area contributed by atoms with E-state index in [2.05, 4.69) is 22.5 Å². The lowest BCUT2D eigenvalue weighted by molar-refractivity contribution is 0.316. The summed E-state index contributed by atoms with van der Waals surface area (Å²) >= 11 is 1.63. The fraction of sp³-hybridized carbons (Fsp3) is 0.455. The molecule has 0 aliphatic carbocycles. The molecule has 0 atom stereocenters. The topological polar surface area (TPSA) is 64.4 Å². The molecule has 3 heterocycles. The Labute approximate surface area is 181 Å². The Kier molecular flexibility index (Phi) is 6.54. The van der Waals surface area contributed by atoms with Crippen molar-refractivity contribution in [2.24, 2.45) is 0 Å². The predicted octanol–water partition coefficient (Wildman–Crippen LogP) is 4.04. The molecule has 0 unspecified atom stereocenters. The lowest BCUT2D eigenvalue weighted by Crippen LogP contribution is -2.24. The van der Waals surface area contributed by atoms with Crippen molar-refractivity contribution >= 4 is 16.5 Å². The summed E-state index contributed by atoms with van der Waals surface area (Å²) in [6.07, 6.45) is 4.71. The number of rotatable bonds is 9. The van der Waals surface area contributed by atoms with Crippen molar-refractivity contribution in [1.29, 1.82) is 0 Å². The standard InChI is InChI=1S/C22H29N5O2S/c1-16-21(18-9-12-27(25-18)14-13-26-10-4-5-11-26)30-22(24-16)23-15-17-19(28-2)7-6-8-20(17)29-3/h6-9,12H,4-5,10-11,13-15H2,1-3H3,(H,23,24). The summed E-state index contributed by atoms with van der Waals surface area (Å²) in [7, 11) is 3.34. The molecule has 1 aromatic carbocycles. The fourth-order valence-corrected chi connectivity index (χ4v) is 4.76. The number of thiazole rings is 1. The van der Waals surface area contributed by atoms with Gasteiger partial charge >= 0.3 is 0 Å². The van der Waals surface area contributed by atoms with Crippen LogP contribution in [-0.2, 0) is 13.1 Å². The summed E-state index contributed by atoms with van der Waals surface area (Å²) in [6.45, 7) is 7.03. The highest BCUT2D eigenvalue weighted by Crippen LogP contribution is 2.33. The monoisotopic (exact) mass is 427 g/mol. The molecule has 4 rings (SSSR count). The minimum absolute atomic E-state index is 0.573. The summed E-state index contributed by atoms with van der Waals surface area (Å²) in [5.41, 5.74) is 2.94. The van der Waals surface area contributed by atoms with Gasteiger partial charge in [0.25, 0.3) is 0 Å².